The van der Waals surface area contributed by atoms with Crippen molar-refractivity contribution in [2.45, 2.75) is 52.1 Å². The summed E-state index contributed by atoms with van der Waals surface area (Å²) in [6.45, 7) is 8.27. The molecule has 1 aromatic carbocycles. The predicted molar refractivity (Wildman–Crippen MR) is 105 cm³/mol. The molecule has 148 valence electrons. The average Bonchev–Trinajstić information content (AvgIpc) is 2.91. The number of H-pyrrole nitrogens is 1. The Hall–Kier alpha value is -2.04. The summed E-state index contributed by atoms with van der Waals surface area (Å²) in [5.74, 6) is 0.356. The monoisotopic (exact) mass is 411 g/mol. The molecule has 0 aliphatic heterocycles. The van der Waals surface area contributed by atoms with Gasteiger partial charge in [0.05, 0.1) is 11.4 Å². The lowest BCUT2D eigenvalue weighted by Crippen LogP contribution is -2.31. The van der Waals surface area contributed by atoms with Crippen molar-refractivity contribution in [3.8, 4) is 0 Å². The smallest absolute Gasteiger partial charge is 0.241 e. The lowest BCUT2D eigenvalue weighted by Gasteiger charge is -2.13. The van der Waals surface area contributed by atoms with Crippen LogP contribution in [0.15, 0.2) is 17.0 Å². The van der Waals surface area contributed by atoms with Gasteiger partial charge >= 0.3 is 0 Å². The van der Waals surface area contributed by atoms with Crippen LogP contribution in [0.25, 0.3) is 0 Å². The summed E-state index contributed by atoms with van der Waals surface area (Å²) in [6, 6.07) is 3.66. The molecule has 0 aliphatic rings. The maximum atomic E-state index is 12.6. The number of aromatic amines is 1. The molecule has 0 fully saturated rings. The van der Waals surface area contributed by atoms with Crippen LogP contribution < -0.4 is 10.0 Å². The highest BCUT2D eigenvalue weighted by molar-refractivity contribution is 7.89. The Morgan fingerprint density at radius 1 is 1.26 bits per heavy atom. The largest absolute Gasteiger partial charge is 0.349 e. The molecule has 0 radical (unpaired) electrons. The maximum absolute atomic E-state index is 12.6. The van der Waals surface area contributed by atoms with Crippen LogP contribution in [0.1, 0.15) is 35.9 Å². The molecule has 1 aromatic heterocycles. The normalized spacial score (nSPS) is 11.6. The Morgan fingerprint density at radius 2 is 1.89 bits per heavy atom. The average molecular weight is 412 g/mol. The number of nitrogens with zero attached hydrogens (tertiary/aromatic N) is 2. The first-order valence-electron chi connectivity index (χ1n) is 8.64. The number of benzene rings is 1. The molecule has 0 saturated carbocycles. The minimum Gasteiger partial charge on any atom is -0.349 e. The van der Waals surface area contributed by atoms with E-state index in [0.717, 1.165) is 5.56 Å². The molecule has 0 saturated heterocycles. The number of aryl methyl sites for hydroxylation is 3. The van der Waals surface area contributed by atoms with E-state index in [1.54, 1.807) is 18.4 Å². The lowest BCUT2D eigenvalue weighted by molar-refractivity contribution is -0.121. The van der Waals surface area contributed by atoms with Gasteiger partial charge in [0.2, 0.25) is 15.9 Å². The molecule has 0 spiro atoms. The van der Waals surface area contributed by atoms with Crippen LogP contribution in [-0.2, 0) is 27.9 Å². The van der Waals surface area contributed by atoms with Gasteiger partial charge in [-0.15, -0.1) is 0 Å². The molecule has 1 amide bonds. The van der Waals surface area contributed by atoms with Crippen LogP contribution in [0.3, 0.4) is 0 Å². The van der Waals surface area contributed by atoms with Crippen molar-refractivity contribution >= 4 is 28.1 Å². The number of hydrogen-bond donors (Lipinski definition) is 3. The Bertz CT molecular complexity index is 969. The SMILES string of the molecule is CCn1c(CNC(=O)CCNS(=O)(=O)c2c(C)cc(C)cc2C)n[nH]c1=S. The third kappa shape index (κ3) is 5.24. The minimum atomic E-state index is -3.67. The van der Waals surface area contributed by atoms with E-state index >= 15 is 0 Å². The molecule has 2 rings (SSSR count). The van der Waals surface area contributed by atoms with Crippen molar-refractivity contribution in [1.82, 2.24) is 24.8 Å². The van der Waals surface area contributed by atoms with Gasteiger partial charge in [0.1, 0.15) is 0 Å². The molecule has 0 unspecified atom stereocenters. The molecule has 10 heteroatoms. The molecular formula is C17H25N5O3S2. The first-order chi connectivity index (χ1) is 12.7. The second-order valence-electron chi connectivity index (χ2n) is 6.34. The number of carbonyl (C=O) groups excluding carboxylic acids is 1. The highest BCUT2D eigenvalue weighted by Gasteiger charge is 2.19. The third-order valence-electron chi connectivity index (χ3n) is 4.11. The van der Waals surface area contributed by atoms with E-state index in [4.69, 9.17) is 12.2 Å². The number of hydrogen-bond acceptors (Lipinski definition) is 5. The Labute approximate surface area is 164 Å². The van der Waals surface area contributed by atoms with Gasteiger partial charge in [-0.3, -0.25) is 9.89 Å². The Balaban J connectivity index is 1.91. The Morgan fingerprint density at radius 3 is 2.48 bits per heavy atom. The summed E-state index contributed by atoms with van der Waals surface area (Å²) in [5, 5.41) is 9.46. The Kier molecular flexibility index (Phi) is 6.90. The van der Waals surface area contributed by atoms with Gasteiger partial charge in [-0.1, -0.05) is 17.7 Å². The van der Waals surface area contributed by atoms with Gasteiger partial charge in [-0.25, -0.2) is 13.1 Å². The van der Waals surface area contributed by atoms with Crippen molar-refractivity contribution in [1.29, 1.82) is 0 Å². The fourth-order valence-corrected chi connectivity index (χ4v) is 4.80. The molecule has 27 heavy (non-hydrogen) atoms. The fourth-order valence-electron chi connectivity index (χ4n) is 3.04. The summed E-state index contributed by atoms with van der Waals surface area (Å²) in [5.41, 5.74) is 2.38. The summed E-state index contributed by atoms with van der Waals surface area (Å²) >= 11 is 5.09. The molecule has 1 heterocycles. The summed E-state index contributed by atoms with van der Waals surface area (Å²) < 4.78 is 29.9. The number of nitrogens with one attached hydrogen (secondary N) is 3. The van der Waals surface area contributed by atoms with E-state index in [-0.39, 0.29) is 30.3 Å². The van der Waals surface area contributed by atoms with Crippen LogP contribution in [0.5, 0.6) is 0 Å². The van der Waals surface area contributed by atoms with Gasteiger partial charge in [0, 0.05) is 19.5 Å². The number of sulfonamides is 1. The maximum Gasteiger partial charge on any atom is 0.241 e. The second-order valence-corrected chi connectivity index (χ2v) is 8.43. The van der Waals surface area contributed by atoms with Crippen molar-refractivity contribution in [3.63, 3.8) is 0 Å². The van der Waals surface area contributed by atoms with Gasteiger partial charge < -0.3 is 9.88 Å². The molecule has 0 bridgehead atoms. The fraction of sp³-hybridized carbons (Fsp3) is 0.471. The number of aromatic nitrogens is 3. The van der Waals surface area contributed by atoms with Crippen molar-refractivity contribution < 1.29 is 13.2 Å². The topological polar surface area (TPSA) is 109 Å². The van der Waals surface area contributed by atoms with Crippen LogP contribution >= 0.6 is 12.2 Å². The first kappa shape index (κ1) is 21.3. The molecule has 0 aliphatic carbocycles. The van der Waals surface area contributed by atoms with E-state index < -0.39 is 10.0 Å². The first-order valence-corrected chi connectivity index (χ1v) is 10.5. The van der Waals surface area contributed by atoms with Crippen molar-refractivity contribution in [3.05, 3.63) is 39.4 Å². The number of amides is 1. The zero-order chi connectivity index (χ0) is 20.2. The minimum absolute atomic E-state index is 0.0154. The number of rotatable bonds is 8. The van der Waals surface area contributed by atoms with Crippen LogP contribution in [0.4, 0.5) is 0 Å². The van der Waals surface area contributed by atoms with E-state index in [0.29, 0.717) is 28.3 Å². The number of carbonyl (C=O) groups is 1. The van der Waals surface area contributed by atoms with Crippen LogP contribution in [-0.4, -0.2) is 35.6 Å². The van der Waals surface area contributed by atoms with Gasteiger partial charge in [0.15, 0.2) is 10.6 Å². The molecule has 0 atom stereocenters. The van der Waals surface area contributed by atoms with Gasteiger partial charge in [0.25, 0.3) is 0 Å². The van der Waals surface area contributed by atoms with Gasteiger partial charge in [-0.05, 0) is 51.0 Å². The molecule has 2 aromatic rings. The quantitative estimate of drug-likeness (QED) is 0.575. The second kappa shape index (κ2) is 8.77. The predicted octanol–water partition coefficient (Wildman–Crippen LogP) is 1.87. The van der Waals surface area contributed by atoms with Crippen molar-refractivity contribution in [2.75, 3.05) is 6.54 Å². The lowest BCUT2D eigenvalue weighted by atomic mass is 10.1. The standard InChI is InChI=1S/C17H25N5O3S2/c1-5-22-14(20-21-17(22)26)10-18-15(23)6-7-19-27(24,25)16-12(3)8-11(2)9-13(16)4/h8-9,19H,5-7,10H2,1-4H3,(H,18,23)(H,21,26). The third-order valence-corrected chi connectivity index (χ3v) is 6.19. The summed E-state index contributed by atoms with van der Waals surface area (Å²) in [6.07, 6.45) is 0.0282. The zero-order valence-electron chi connectivity index (χ0n) is 15.9. The zero-order valence-corrected chi connectivity index (χ0v) is 17.6. The van der Waals surface area contributed by atoms with Crippen molar-refractivity contribution in [2.24, 2.45) is 0 Å². The highest BCUT2D eigenvalue weighted by Crippen LogP contribution is 2.21. The summed E-state index contributed by atoms with van der Waals surface area (Å²) in [4.78, 5) is 12.3. The van der Waals surface area contributed by atoms with E-state index in [1.807, 2.05) is 26.0 Å². The molecule has 3 N–H and O–H groups in total. The molecular weight excluding hydrogens is 386 g/mol. The van der Waals surface area contributed by atoms with Crippen LogP contribution in [0.2, 0.25) is 0 Å². The highest BCUT2D eigenvalue weighted by atomic mass is 32.2. The van der Waals surface area contributed by atoms with E-state index in [2.05, 4.69) is 20.2 Å². The van der Waals surface area contributed by atoms with Gasteiger partial charge in [-0.2, -0.15) is 5.10 Å². The van der Waals surface area contributed by atoms with E-state index in [1.165, 1.54) is 0 Å². The summed E-state index contributed by atoms with van der Waals surface area (Å²) in [7, 11) is -3.67. The van der Waals surface area contributed by atoms with Crippen LogP contribution in [0, 0.1) is 25.5 Å². The molecule has 8 nitrogen and oxygen atoms in total. The van der Waals surface area contributed by atoms with E-state index in [9.17, 15) is 13.2 Å².